The highest BCUT2D eigenvalue weighted by atomic mass is 35.5. The van der Waals surface area contributed by atoms with Crippen LogP contribution in [0.5, 0.6) is 11.8 Å². The Balaban J connectivity index is 1.87. The minimum atomic E-state index is -4.23. The van der Waals surface area contributed by atoms with E-state index in [2.05, 4.69) is 14.9 Å². The minimum Gasteiger partial charge on any atom is -0.424 e. The molecule has 10 nitrogen and oxygen atoms in total. The van der Waals surface area contributed by atoms with Gasteiger partial charge in [0.25, 0.3) is 0 Å². The zero-order chi connectivity index (χ0) is 23.7. The number of nitrogens with zero attached hydrogens (tertiary/aromatic N) is 3. The summed E-state index contributed by atoms with van der Waals surface area (Å²) in [4.78, 5) is -0.857. The number of halogens is 2. The van der Waals surface area contributed by atoms with Crippen LogP contribution in [0.1, 0.15) is 25.7 Å². The molecule has 0 bridgehead atoms. The second-order valence-corrected chi connectivity index (χ2v) is 10.3. The summed E-state index contributed by atoms with van der Waals surface area (Å²) in [5.74, 6) is 0.143. The van der Waals surface area contributed by atoms with Gasteiger partial charge < -0.3 is 4.74 Å². The molecule has 0 saturated heterocycles. The van der Waals surface area contributed by atoms with Crippen molar-refractivity contribution in [2.75, 3.05) is 0 Å². The maximum absolute atomic E-state index is 13.1. The molecule has 3 aromatic rings. The Hall–Kier alpha value is -2.58. The van der Waals surface area contributed by atoms with Gasteiger partial charge in [-0.05, 0) is 56.3 Å². The Morgan fingerprint density at radius 3 is 2.41 bits per heavy atom. The lowest BCUT2D eigenvalue weighted by Gasteiger charge is -2.16. The largest absolute Gasteiger partial charge is 0.424 e. The van der Waals surface area contributed by atoms with Gasteiger partial charge in [0.1, 0.15) is 16.5 Å². The second-order valence-electron chi connectivity index (χ2n) is 6.62. The van der Waals surface area contributed by atoms with Gasteiger partial charge in [0, 0.05) is 6.54 Å². The van der Waals surface area contributed by atoms with Crippen molar-refractivity contribution in [3.05, 3.63) is 59.1 Å². The van der Waals surface area contributed by atoms with Crippen molar-refractivity contribution < 1.29 is 26.0 Å². The average molecular weight is 504 g/mol. The van der Waals surface area contributed by atoms with E-state index in [1.54, 1.807) is 6.92 Å². The van der Waals surface area contributed by atoms with Crippen molar-refractivity contribution in [2.24, 2.45) is 5.14 Å². The summed E-state index contributed by atoms with van der Waals surface area (Å²) >= 11 is 5.82. The van der Waals surface area contributed by atoms with Gasteiger partial charge in [-0.2, -0.15) is 0 Å². The number of benzene rings is 2. The highest BCUT2D eigenvalue weighted by Gasteiger charge is 2.26. The van der Waals surface area contributed by atoms with E-state index in [9.17, 15) is 21.2 Å². The number of nitrogens with two attached hydrogens (primary N) is 1. The highest BCUT2D eigenvalue weighted by molar-refractivity contribution is 7.90. The fourth-order valence-corrected chi connectivity index (χ4v) is 5.20. The van der Waals surface area contributed by atoms with Crippen LogP contribution in [0.15, 0.2) is 52.3 Å². The Kier molecular flexibility index (Phi) is 6.86. The lowest BCUT2D eigenvalue weighted by atomic mass is 10.3. The molecule has 0 saturated carbocycles. The monoisotopic (exact) mass is 503 g/mol. The Bertz CT molecular complexity index is 1340. The lowest BCUT2D eigenvalue weighted by molar-refractivity contribution is 0.407. The summed E-state index contributed by atoms with van der Waals surface area (Å²) < 4.78 is 71.6. The number of sulfonamides is 2. The molecule has 0 aliphatic carbocycles. The van der Waals surface area contributed by atoms with Gasteiger partial charge >= 0.3 is 6.01 Å². The van der Waals surface area contributed by atoms with E-state index in [4.69, 9.17) is 21.5 Å². The van der Waals surface area contributed by atoms with Crippen molar-refractivity contribution in [3.63, 3.8) is 0 Å². The van der Waals surface area contributed by atoms with Crippen LogP contribution >= 0.6 is 11.6 Å². The minimum absolute atomic E-state index is 0.0863. The van der Waals surface area contributed by atoms with Gasteiger partial charge in [0.05, 0.1) is 16.0 Å². The number of nitrogens with one attached hydrogen (secondary N) is 1. The molecular weight excluding hydrogens is 485 g/mol. The first-order chi connectivity index (χ1) is 14.9. The topological polar surface area (TPSA) is 146 Å². The van der Waals surface area contributed by atoms with E-state index < -0.39 is 36.8 Å². The SMILES string of the molecule is CCn1c(Oc2ccc(F)cc2)nnc1[C@@H](C)NS(=O)(=O)c1ccc(Cl)c(S(N)(=O)=O)c1. The molecule has 0 amide bonds. The summed E-state index contributed by atoms with van der Waals surface area (Å²) in [5.41, 5.74) is 0. The predicted molar refractivity (Wildman–Crippen MR) is 114 cm³/mol. The quantitative estimate of drug-likeness (QED) is 0.480. The number of ether oxygens (including phenoxy) is 1. The summed E-state index contributed by atoms with van der Waals surface area (Å²) in [6.07, 6.45) is 0. The van der Waals surface area contributed by atoms with E-state index in [0.29, 0.717) is 12.3 Å². The fourth-order valence-electron chi connectivity index (χ4n) is 2.82. The molecule has 0 spiro atoms. The van der Waals surface area contributed by atoms with Gasteiger partial charge in [-0.1, -0.05) is 16.7 Å². The first-order valence-electron chi connectivity index (χ1n) is 9.13. The molecule has 3 N–H and O–H groups in total. The van der Waals surface area contributed by atoms with Crippen LogP contribution < -0.4 is 14.6 Å². The van der Waals surface area contributed by atoms with Crippen LogP contribution in [0.3, 0.4) is 0 Å². The number of hydrogen-bond donors (Lipinski definition) is 2. The fraction of sp³-hybridized carbons (Fsp3) is 0.222. The van der Waals surface area contributed by atoms with Crippen molar-refractivity contribution in [1.82, 2.24) is 19.5 Å². The van der Waals surface area contributed by atoms with Gasteiger partial charge in [0.2, 0.25) is 20.0 Å². The molecule has 1 aromatic heterocycles. The molecule has 0 radical (unpaired) electrons. The number of primary sulfonamides is 1. The van der Waals surface area contributed by atoms with Crippen LogP contribution in [-0.4, -0.2) is 31.6 Å². The number of hydrogen-bond acceptors (Lipinski definition) is 7. The van der Waals surface area contributed by atoms with E-state index in [1.165, 1.54) is 35.8 Å². The summed E-state index contributed by atoms with van der Waals surface area (Å²) in [7, 11) is -8.41. The maximum atomic E-state index is 13.1. The van der Waals surface area contributed by atoms with Gasteiger partial charge in [-0.25, -0.2) is 31.1 Å². The summed E-state index contributed by atoms with van der Waals surface area (Å²) in [5, 5.41) is 12.8. The molecular formula is C18H19ClFN5O5S2. The Morgan fingerprint density at radius 2 is 1.81 bits per heavy atom. The number of rotatable bonds is 8. The molecule has 1 heterocycles. The first kappa shape index (κ1) is 24.1. The van der Waals surface area contributed by atoms with Crippen molar-refractivity contribution in [3.8, 4) is 11.8 Å². The number of aromatic nitrogens is 3. The summed E-state index contributed by atoms with van der Waals surface area (Å²) in [6.45, 7) is 3.66. The molecule has 32 heavy (non-hydrogen) atoms. The predicted octanol–water partition coefficient (Wildman–Crippen LogP) is 2.57. The molecule has 0 aliphatic heterocycles. The van der Waals surface area contributed by atoms with Gasteiger partial charge in [-0.3, -0.25) is 4.57 Å². The first-order valence-corrected chi connectivity index (χ1v) is 12.5. The molecule has 14 heteroatoms. The summed E-state index contributed by atoms with van der Waals surface area (Å²) in [6, 6.07) is 7.65. The third-order valence-electron chi connectivity index (χ3n) is 4.32. The molecule has 172 valence electrons. The standard InChI is InChI=1S/C18H19ClFN5O5S2/c1-3-25-17(22-23-18(25)30-13-6-4-12(20)5-7-13)11(2)24-32(28,29)14-8-9-15(19)16(10-14)31(21,26)27/h4-11,24H,3H2,1-2H3,(H2,21,26,27)/t11-/m1/s1. The zero-order valence-electron chi connectivity index (χ0n) is 16.9. The van der Waals surface area contributed by atoms with Crippen LogP contribution in [-0.2, 0) is 26.6 Å². The smallest absolute Gasteiger partial charge is 0.322 e. The van der Waals surface area contributed by atoms with Crippen molar-refractivity contribution in [2.45, 2.75) is 36.2 Å². The normalized spacial score (nSPS) is 13.2. The van der Waals surface area contributed by atoms with E-state index in [-0.39, 0.29) is 21.8 Å². The third-order valence-corrected chi connectivity index (χ3v) is 7.25. The van der Waals surface area contributed by atoms with Crippen LogP contribution in [0.2, 0.25) is 5.02 Å². The zero-order valence-corrected chi connectivity index (χ0v) is 19.2. The van der Waals surface area contributed by atoms with Crippen LogP contribution in [0.25, 0.3) is 0 Å². The Labute approximate surface area is 189 Å². The van der Waals surface area contributed by atoms with E-state index in [0.717, 1.165) is 18.2 Å². The lowest BCUT2D eigenvalue weighted by Crippen LogP contribution is -2.29. The van der Waals surface area contributed by atoms with E-state index >= 15 is 0 Å². The second kappa shape index (κ2) is 9.11. The molecule has 0 fully saturated rings. The Morgan fingerprint density at radius 1 is 1.16 bits per heavy atom. The average Bonchev–Trinajstić information content (AvgIpc) is 3.11. The van der Waals surface area contributed by atoms with Gasteiger partial charge in [0.15, 0.2) is 5.82 Å². The van der Waals surface area contributed by atoms with Crippen LogP contribution in [0.4, 0.5) is 4.39 Å². The highest BCUT2D eigenvalue weighted by Crippen LogP contribution is 2.26. The van der Waals surface area contributed by atoms with Crippen molar-refractivity contribution in [1.29, 1.82) is 0 Å². The molecule has 3 rings (SSSR count). The molecule has 0 unspecified atom stereocenters. The molecule has 1 atom stereocenters. The van der Waals surface area contributed by atoms with Gasteiger partial charge in [-0.15, -0.1) is 5.10 Å². The molecule has 2 aromatic carbocycles. The maximum Gasteiger partial charge on any atom is 0.322 e. The van der Waals surface area contributed by atoms with E-state index in [1.807, 2.05) is 0 Å². The van der Waals surface area contributed by atoms with Crippen LogP contribution in [0, 0.1) is 5.82 Å². The van der Waals surface area contributed by atoms with Crippen molar-refractivity contribution >= 4 is 31.6 Å². The third kappa shape index (κ3) is 5.24. The molecule has 0 aliphatic rings.